The Morgan fingerprint density at radius 3 is 2.53 bits per heavy atom. The average molecular weight is 511 g/mol. The van der Waals surface area contributed by atoms with Crippen molar-refractivity contribution in [1.82, 2.24) is 4.73 Å². The molecule has 0 radical (unpaired) electrons. The van der Waals surface area contributed by atoms with Crippen molar-refractivity contribution in [2.45, 2.75) is 6.92 Å². The Kier molecular flexibility index (Phi) is 7.52. The molecule has 0 spiro atoms. The van der Waals surface area contributed by atoms with Crippen LogP contribution in [-0.2, 0) is 9.53 Å². The first-order valence-electron chi connectivity index (χ1n) is 10.9. The summed E-state index contributed by atoms with van der Waals surface area (Å²) < 4.78 is 5.89. The largest absolute Gasteiger partial charge is 0.429 e. The third kappa shape index (κ3) is 6.20. The molecule has 0 unspecified atom stereocenters. The number of amides is 5. The van der Waals surface area contributed by atoms with Gasteiger partial charge >= 0.3 is 12.1 Å². The summed E-state index contributed by atoms with van der Waals surface area (Å²) in [5.41, 5.74) is 2.61. The van der Waals surface area contributed by atoms with Crippen LogP contribution in [0.4, 0.5) is 32.3 Å². The van der Waals surface area contributed by atoms with Gasteiger partial charge in [-0.05, 0) is 61.0 Å². The van der Waals surface area contributed by atoms with E-state index < -0.39 is 12.1 Å². The van der Waals surface area contributed by atoms with Crippen molar-refractivity contribution in [3.8, 4) is 0 Å². The van der Waals surface area contributed by atoms with Gasteiger partial charge in [0.1, 0.15) is 6.61 Å². The zero-order valence-electron chi connectivity index (χ0n) is 19.2. The summed E-state index contributed by atoms with van der Waals surface area (Å²) in [7, 11) is 0. The highest BCUT2D eigenvalue weighted by molar-refractivity contribution is 6.30. The SMILES string of the molecule is Cc1cc(NC(=O)Nc2cn(O)ccc2=NC(=O)Nc2ccc(Cl)cc2)ccc1N1CCOCC1=O. The molecule has 0 atom stereocenters. The van der Waals surface area contributed by atoms with Crippen LogP contribution in [0.2, 0.25) is 5.02 Å². The van der Waals surface area contributed by atoms with Crippen LogP contribution >= 0.6 is 11.6 Å². The maximum atomic E-state index is 12.7. The standard InChI is InChI=1S/C24H23ClN6O5/c1-15-12-18(6-7-21(15)31-10-11-36-14-22(31)32)27-24(34)29-20-13-30(35)9-8-19(20)28-23(33)26-17-4-2-16(25)3-5-17/h2-9,12-13,35H,10-11,14H2,1H3,(H,26,33)(H2,27,29,34). The minimum atomic E-state index is -0.680. The molecule has 1 aliphatic heterocycles. The number of rotatable bonds is 4. The Morgan fingerprint density at radius 1 is 1.06 bits per heavy atom. The third-order valence-electron chi connectivity index (χ3n) is 5.22. The number of hydrogen-bond acceptors (Lipinski definition) is 5. The lowest BCUT2D eigenvalue weighted by atomic mass is 10.1. The molecule has 3 aromatic rings. The quantitative estimate of drug-likeness (QED) is 0.395. The molecule has 186 valence electrons. The first-order valence-corrected chi connectivity index (χ1v) is 11.3. The Bertz CT molecular complexity index is 1370. The molecule has 1 fully saturated rings. The second kappa shape index (κ2) is 10.9. The number of aryl methyl sites for hydroxylation is 1. The Labute approximate surface area is 210 Å². The Morgan fingerprint density at radius 2 is 1.81 bits per heavy atom. The number of benzene rings is 2. The number of nitrogens with one attached hydrogen (secondary N) is 3. The van der Waals surface area contributed by atoms with Gasteiger partial charge in [0.25, 0.3) is 5.91 Å². The fourth-order valence-corrected chi connectivity index (χ4v) is 3.69. The molecule has 36 heavy (non-hydrogen) atoms. The van der Waals surface area contributed by atoms with Crippen LogP contribution in [0.1, 0.15) is 5.56 Å². The fourth-order valence-electron chi connectivity index (χ4n) is 3.56. The maximum absolute atomic E-state index is 12.7. The van der Waals surface area contributed by atoms with Crippen molar-refractivity contribution >= 4 is 52.3 Å². The lowest BCUT2D eigenvalue weighted by Gasteiger charge is -2.28. The number of urea groups is 2. The van der Waals surface area contributed by atoms with Gasteiger partial charge in [0.15, 0.2) is 0 Å². The van der Waals surface area contributed by atoms with Crippen LogP contribution in [0.15, 0.2) is 65.9 Å². The van der Waals surface area contributed by atoms with Gasteiger partial charge < -0.3 is 30.8 Å². The number of carbonyl (C=O) groups is 3. The van der Waals surface area contributed by atoms with Gasteiger partial charge in [-0.2, -0.15) is 9.72 Å². The van der Waals surface area contributed by atoms with E-state index in [4.69, 9.17) is 16.3 Å². The van der Waals surface area contributed by atoms with Crippen molar-refractivity contribution in [1.29, 1.82) is 0 Å². The predicted molar refractivity (Wildman–Crippen MR) is 135 cm³/mol. The van der Waals surface area contributed by atoms with Crippen molar-refractivity contribution < 1.29 is 24.3 Å². The number of pyridine rings is 1. The molecule has 0 saturated carbocycles. The number of hydrogen-bond donors (Lipinski definition) is 4. The van der Waals surface area contributed by atoms with Crippen molar-refractivity contribution in [2.75, 3.05) is 40.6 Å². The zero-order valence-corrected chi connectivity index (χ0v) is 20.0. The minimum absolute atomic E-state index is 0.0366. The van der Waals surface area contributed by atoms with E-state index >= 15 is 0 Å². The summed E-state index contributed by atoms with van der Waals surface area (Å²) in [6.07, 6.45) is 2.47. The van der Waals surface area contributed by atoms with Crippen molar-refractivity contribution in [3.63, 3.8) is 0 Å². The molecule has 12 heteroatoms. The van der Waals surface area contributed by atoms with Crippen LogP contribution in [0, 0.1) is 6.92 Å². The topological polar surface area (TPSA) is 137 Å². The molecule has 0 bridgehead atoms. The lowest BCUT2D eigenvalue weighted by Crippen LogP contribution is -2.42. The summed E-state index contributed by atoms with van der Waals surface area (Å²) in [6, 6.07) is 11.7. The van der Waals surface area contributed by atoms with Gasteiger partial charge in [0, 0.05) is 34.8 Å². The molecule has 1 saturated heterocycles. The monoisotopic (exact) mass is 510 g/mol. The molecule has 0 aliphatic carbocycles. The van der Waals surface area contributed by atoms with Crippen LogP contribution in [-0.4, -0.2) is 47.7 Å². The molecule has 1 aromatic heterocycles. The number of ether oxygens (including phenoxy) is 1. The molecule has 2 aromatic carbocycles. The predicted octanol–water partition coefficient (Wildman–Crippen LogP) is 3.83. The summed E-state index contributed by atoms with van der Waals surface area (Å²) in [6.45, 7) is 2.79. The van der Waals surface area contributed by atoms with E-state index in [0.717, 1.165) is 16.0 Å². The van der Waals surface area contributed by atoms with E-state index in [2.05, 4.69) is 20.9 Å². The van der Waals surface area contributed by atoms with E-state index in [-0.39, 0.29) is 23.6 Å². The molecular formula is C24H23ClN6O5. The van der Waals surface area contributed by atoms with Gasteiger partial charge in [0.05, 0.1) is 23.8 Å². The average Bonchev–Trinajstić information content (AvgIpc) is 2.83. The van der Waals surface area contributed by atoms with E-state index in [1.165, 1.54) is 18.5 Å². The molecule has 5 amide bonds. The highest BCUT2D eigenvalue weighted by atomic mass is 35.5. The molecule has 4 N–H and O–H groups in total. The zero-order chi connectivity index (χ0) is 25.7. The molecule has 11 nitrogen and oxygen atoms in total. The van der Waals surface area contributed by atoms with Gasteiger partial charge in [-0.25, -0.2) is 9.59 Å². The van der Waals surface area contributed by atoms with E-state index in [1.807, 2.05) is 6.92 Å². The summed E-state index contributed by atoms with van der Waals surface area (Å²) in [4.78, 5) is 42.7. The van der Waals surface area contributed by atoms with Crippen LogP contribution in [0.25, 0.3) is 0 Å². The molecule has 1 aliphatic rings. The van der Waals surface area contributed by atoms with E-state index in [9.17, 15) is 19.6 Å². The third-order valence-corrected chi connectivity index (χ3v) is 5.47. The van der Waals surface area contributed by atoms with Gasteiger partial charge in [-0.3, -0.25) is 4.79 Å². The summed E-state index contributed by atoms with van der Waals surface area (Å²) >= 11 is 5.85. The molecule has 2 heterocycles. The number of nitrogens with zero attached hydrogens (tertiary/aromatic N) is 3. The van der Waals surface area contributed by atoms with Gasteiger partial charge in [-0.15, -0.1) is 0 Å². The van der Waals surface area contributed by atoms with Crippen LogP contribution in [0.5, 0.6) is 0 Å². The normalized spacial score (nSPS) is 13.9. The Hall–Kier alpha value is -4.35. The highest BCUT2D eigenvalue weighted by Crippen LogP contribution is 2.25. The maximum Gasteiger partial charge on any atom is 0.345 e. The second-order valence-electron chi connectivity index (χ2n) is 7.85. The summed E-state index contributed by atoms with van der Waals surface area (Å²) in [5.74, 6) is -0.124. The number of halogens is 1. The number of aromatic nitrogens is 1. The van der Waals surface area contributed by atoms with Crippen LogP contribution < -0.4 is 26.2 Å². The van der Waals surface area contributed by atoms with Crippen molar-refractivity contribution in [3.05, 3.63) is 76.9 Å². The van der Waals surface area contributed by atoms with E-state index in [0.29, 0.717) is 29.5 Å². The fraction of sp³-hybridized carbons (Fsp3) is 0.167. The first kappa shape index (κ1) is 24.8. The first-order chi connectivity index (χ1) is 17.3. The minimum Gasteiger partial charge on any atom is -0.429 e. The van der Waals surface area contributed by atoms with Gasteiger partial charge in [0.2, 0.25) is 0 Å². The number of carbonyl (C=O) groups excluding carboxylic acids is 3. The molecule has 4 rings (SSSR count). The number of anilines is 4. The van der Waals surface area contributed by atoms with E-state index in [1.54, 1.807) is 47.4 Å². The highest BCUT2D eigenvalue weighted by Gasteiger charge is 2.21. The summed E-state index contributed by atoms with van der Waals surface area (Å²) in [5, 5.41) is 18.3. The van der Waals surface area contributed by atoms with Crippen molar-refractivity contribution in [2.24, 2.45) is 4.99 Å². The lowest BCUT2D eigenvalue weighted by molar-refractivity contribution is -0.125. The smallest absolute Gasteiger partial charge is 0.345 e. The van der Waals surface area contributed by atoms with Gasteiger partial charge in [-0.1, -0.05) is 11.6 Å². The molecular weight excluding hydrogens is 488 g/mol. The Balaban J connectivity index is 1.47. The number of morpholine rings is 1. The van der Waals surface area contributed by atoms with Crippen LogP contribution in [0.3, 0.4) is 0 Å². The second-order valence-corrected chi connectivity index (χ2v) is 8.29.